The number of benzene rings is 1. The van der Waals surface area contributed by atoms with Crippen LogP contribution in [0.4, 0.5) is 11.4 Å². The Hall–Kier alpha value is -4.20. The van der Waals surface area contributed by atoms with E-state index >= 15 is 0 Å². The molecule has 2 fully saturated rings. The number of hydrogen-bond donors (Lipinski definition) is 6. The third kappa shape index (κ3) is 5.22. The predicted molar refractivity (Wildman–Crippen MR) is 124 cm³/mol. The molecule has 0 saturated carbocycles. The van der Waals surface area contributed by atoms with Crippen LogP contribution in [0.1, 0.15) is 48.9 Å². The lowest BCUT2D eigenvalue weighted by Gasteiger charge is -2.43. The Labute approximate surface area is 205 Å². The number of aliphatic carboxylic acids is 1. The highest BCUT2D eigenvalue weighted by molar-refractivity contribution is 6.01. The van der Waals surface area contributed by atoms with Crippen molar-refractivity contribution in [1.82, 2.24) is 26.2 Å². The van der Waals surface area contributed by atoms with Crippen molar-refractivity contribution < 1.29 is 33.9 Å². The zero-order valence-corrected chi connectivity index (χ0v) is 19.3. The molecule has 0 aliphatic carbocycles. The summed E-state index contributed by atoms with van der Waals surface area (Å²) in [6.07, 6.45) is 0.770. The highest BCUT2D eigenvalue weighted by Crippen LogP contribution is 2.27. The van der Waals surface area contributed by atoms with E-state index in [2.05, 4.69) is 27.0 Å². The van der Waals surface area contributed by atoms with Crippen molar-refractivity contribution in [3.05, 3.63) is 23.8 Å². The van der Waals surface area contributed by atoms with E-state index in [9.17, 15) is 28.8 Å². The molecule has 0 radical (unpaired) electrons. The summed E-state index contributed by atoms with van der Waals surface area (Å²) in [5.74, 6) is -3.25. The minimum absolute atomic E-state index is 0.00329. The second-order valence-corrected chi connectivity index (χ2v) is 8.74. The van der Waals surface area contributed by atoms with Crippen LogP contribution < -0.4 is 27.0 Å². The summed E-state index contributed by atoms with van der Waals surface area (Å²) in [7, 11) is 0. The fraction of sp³-hybridized carbons (Fsp3) is 0.455. The molecule has 1 aromatic carbocycles. The normalized spacial score (nSPS) is 21.8. The quantitative estimate of drug-likeness (QED) is 0.244. The first-order valence-corrected chi connectivity index (χ1v) is 11.6. The lowest BCUT2D eigenvalue weighted by atomic mass is 10.0. The number of amides is 4. The minimum Gasteiger partial charge on any atom is -0.481 e. The number of hydrazine groups is 3. The lowest BCUT2D eigenvalue weighted by molar-refractivity contribution is -0.176. The molecule has 0 aromatic heterocycles. The third-order valence-electron chi connectivity index (χ3n) is 6.31. The van der Waals surface area contributed by atoms with Crippen molar-refractivity contribution in [3.63, 3.8) is 0 Å². The van der Waals surface area contributed by atoms with Gasteiger partial charge >= 0.3 is 5.97 Å². The molecule has 3 atom stereocenters. The van der Waals surface area contributed by atoms with Crippen LogP contribution in [0.5, 0.6) is 0 Å². The maximum atomic E-state index is 13.5. The molecule has 4 rings (SSSR count). The number of carboxylic acids is 1. The number of hydrogen-bond acceptors (Lipinski definition) is 9. The highest BCUT2D eigenvalue weighted by Gasteiger charge is 2.44. The number of fused-ring (bicyclic) bond motifs is 2. The van der Waals surface area contributed by atoms with Crippen molar-refractivity contribution in [2.75, 3.05) is 17.4 Å². The second-order valence-electron chi connectivity index (χ2n) is 8.74. The van der Waals surface area contributed by atoms with Gasteiger partial charge in [0, 0.05) is 24.9 Å². The zero-order valence-electron chi connectivity index (χ0n) is 19.3. The van der Waals surface area contributed by atoms with Gasteiger partial charge in [-0.15, -0.1) is 5.53 Å². The van der Waals surface area contributed by atoms with Crippen molar-refractivity contribution in [2.45, 2.75) is 56.7 Å². The number of nitrogens with zero attached hydrogens (tertiary/aromatic N) is 2. The summed E-state index contributed by atoms with van der Waals surface area (Å²) in [6.45, 7) is 0.238. The molecule has 6 N–H and O–H groups in total. The van der Waals surface area contributed by atoms with Gasteiger partial charge in [0.05, 0.1) is 17.4 Å². The van der Waals surface area contributed by atoms with E-state index in [-0.39, 0.29) is 44.6 Å². The summed E-state index contributed by atoms with van der Waals surface area (Å²) in [4.78, 5) is 74.5. The van der Waals surface area contributed by atoms with Crippen LogP contribution >= 0.6 is 0 Å². The number of anilines is 2. The summed E-state index contributed by atoms with van der Waals surface area (Å²) >= 11 is 0. The van der Waals surface area contributed by atoms with E-state index in [1.54, 1.807) is 18.2 Å². The second kappa shape index (κ2) is 10.6. The minimum atomic E-state index is -1.11. The van der Waals surface area contributed by atoms with Gasteiger partial charge in [0.25, 0.3) is 11.8 Å². The van der Waals surface area contributed by atoms with E-state index in [0.29, 0.717) is 24.0 Å². The van der Waals surface area contributed by atoms with Crippen molar-refractivity contribution >= 4 is 47.3 Å². The van der Waals surface area contributed by atoms with Crippen LogP contribution in [0.25, 0.3) is 0 Å². The van der Waals surface area contributed by atoms with E-state index < -0.39 is 41.8 Å². The Kier molecular flexibility index (Phi) is 7.33. The first-order valence-electron chi connectivity index (χ1n) is 11.6. The topological polar surface area (TPSA) is 189 Å². The monoisotopic (exact) mass is 501 g/mol. The van der Waals surface area contributed by atoms with E-state index in [0.717, 1.165) is 10.7 Å². The number of carbonyl (C=O) groups is 6. The van der Waals surface area contributed by atoms with Crippen molar-refractivity contribution in [3.8, 4) is 0 Å². The zero-order chi connectivity index (χ0) is 25.8. The average Bonchev–Trinajstić information content (AvgIpc) is 3.31. The Bertz CT molecular complexity index is 1090. The molecule has 0 bridgehead atoms. The molecule has 3 aliphatic rings. The maximum Gasteiger partial charge on any atom is 0.303 e. The van der Waals surface area contributed by atoms with Crippen LogP contribution in [0.3, 0.4) is 0 Å². The third-order valence-corrected chi connectivity index (χ3v) is 6.31. The van der Waals surface area contributed by atoms with Gasteiger partial charge in [-0.2, -0.15) is 0 Å². The molecule has 3 heterocycles. The SMILES string of the molecule is O=C[C@H](CCC(=O)O)NC(=O)[C@@H]1CCCN2C(=O)CC[C@H](NC(=O)c3ccc4c(c3)NNN4)C(=O)N12. The average molecular weight is 502 g/mol. The fourth-order valence-electron chi connectivity index (χ4n) is 4.44. The van der Waals surface area contributed by atoms with E-state index in [4.69, 9.17) is 5.11 Å². The fourth-order valence-corrected chi connectivity index (χ4v) is 4.44. The van der Waals surface area contributed by atoms with E-state index in [1.807, 2.05) is 0 Å². The maximum absolute atomic E-state index is 13.5. The standard InChI is InChI=1S/C22H27N7O7/c30-11-13(4-8-19(32)33)23-21(35)17-2-1-9-28-18(31)7-6-15(22(36)29(17)28)24-20(34)12-3-5-14-16(10-12)26-27-25-14/h3,5,10-11,13,15,17,25-27H,1-2,4,6-9H2,(H,23,35)(H,24,34)(H,32,33)/t13-,15-,17-/m0/s1. The number of rotatable bonds is 8. The van der Waals surface area contributed by atoms with Crippen LogP contribution in [0.15, 0.2) is 18.2 Å². The largest absolute Gasteiger partial charge is 0.481 e. The molecule has 4 amide bonds. The van der Waals surface area contributed by atoms with Crippen LogP contribution in [0, 0.1) is 0 Å². The first kappa shape index (κ1) is 24.9. The van der Waals surface area contributed by atoms with Gasteiger partial charge in [-0.1, -0.05) is 0 Å². The summed E-state index contributed by atoms with van der Waals surface area (Å²) in [5.41, 5.74) is 10.1. The summed E-state index contributed by atoms with van der Waals surface area (Å²) in [6, 6.07) is 1.70. The van der Waals surface area contributed by atoms with Crippen molar-refractivity contribution in [1.29, 1.82) is 0 Å². The molecular formula is C22H27N7O7. The Morgan fingerprint density at radius 1 is 1.17 bits per heavy atom. The van der Waals surface area contributed by atoms with Gasteiger partial charge in [0.2, 0.25) is 11.8 Å². The predicted octanol–water partition coefficient (Wildman–Crippen LogP) is -0.881. The Morgan fingerprint density at radius 2 is 1.94 bits per heavy atom. The molecule has 14 nitrogen and oxygen atoms in total. The molecule has 0 spiro atoms. The molecule has 192 valence electrons. The van der Waals surface area contributed by atoms with Gasteiger partial charge in [0.15, 0.2) is 0 Å². The molecule has 3 aliphatic heterocycles. The van der Waals surface area contributed by atoms with Crippen LogP contribution in [-0.4, -0.2) is 75.7 Å². The molecule has 2 saturated heterocycles. The number of nitrogens with one attached hydrogen (secondary N) is 5. The number of aldehydes is 1. The lowest BCUT2D eigenvalue weighted by Crippen LogP contribution is -2.64. The molecular weight excluding hydrogens is 474 g/mol. The first-order chi connectivity index (χ1) is 17.3. The highest BCUT2D eigenvalue weighted by atomic mass is 16.4. The van der Waals surface area contributed by atoms with Gasteiger partial charge in [-0.05, 0) is 43.9 Å². The molecule has 1 aromatic rings. The van der Waals surface area contributed by atoms with Gasteiger partial charge in [-0.25, -0.2) is 5.01 Å². The Morgan fingerprint density at radius 3 is 2.69 bits per heavy atom. The molecule has 14 heteroatoms. The van der Waals surface area contributed by atoms with E-state index in [1.165, 1.54) is 5.01 Å². The summed E-state index contributed by atoms with van der Waals surface area (Å²) in [5, 5.41) is 16.3. The molecule has 0 unspecified atom stereocenters. The van der Waals surface area contributed by atoms with Crippen LogP contribution in [0.2, 0.25) is 0 Å². The smallest absolute Gasteiger partial charge is 0.303 e. The van der Waals surface area contributed by atoms with Crippen LogP contribution in [-0.2, 0) is 24.0 Å². The number of carboxylic acid groups (broad SMARTS) is 1. The van der Waals surface area contributed by atoms with Gasteiger partial charge < -0.3 is 31.4 Å². The van der Waals surface area contributed by atoms with Gasteiger partial charge in [0.1, 0.15) is 18.4 Å². The number of carbonyl (C=O) groups excluding carboxylic acids is 5. The van der Waals surface area contributed by atoms with Crippen molar-refractivity contribution in [2.24, 2.45) is 0 Å². The van der Waals surface area contributed by atoms with Gasteiger partial charge in [-0.3, -0.25) is 29.0 Å². The molecule has 36 heavy (non-hydrogen) atoms. The summed E-state index contributed by atoms with van der Waals surface area (Å²) < 4.78 is 0. The Balaban J connectivity index is 1.50.